The van der Waals surface area contributed by atoms with E-state index < -0.39 is 0 Å². The van der Waals surface area contributed by atoms with Crippen LogP contribution in [0.5, 0.6) is 0 Å². The second-order valence-electron chi connectivity index (χ2n) is 3.73. The quantitative estimate of drug-likeness (QED) is 0.615. The molecule has 0 aliphatic heterocycles. The van der Waals surface area contributed by atoms with Gasteiger partial charge in [-0.15, -0.1) is 0 Å². The lowest BCUT2D eigenvalue weighted by atomic mass is 10.0. The summed E-state index contributed by atoms with van der Waals surface area (Å²) in [5, 5.41) is 0. The van der Waals surface area contributed by atoms with Gasteiger partial charge in [0.2, 0.25) is 0 Å². The van der Waals surface area contributed by atoms with E-state index in [9.17, 15) is 0 Å². The van der Waals surface area contributed by atoms with Gasteiger partial charge in [0.25, 0.3) is 0 Å². The lowest BCUT2D eigenvalue weighted by molar-refractivity contribution is 0.739. The van der Waals surface area contributed by atoms with Crippen LogP contribution in [0, 0.1) is 6.92 Å². The molecule has 64 valence electrons. The molecular weight excluding hydrogens is 148 g/mol. The highest BCUT2D eigenvalue weighted by Crippen LogP contribution is 2.43. The van der Waals surface area contributed by atoms with Gasteiger partial charge in [0.1, 0.15) is 0 Å². The summed E-state index contributed by atoms with van der Waals surface area (Å²) in [7, 11) is 0. The van der Waals surface area contributed by atoms with Gasteiger partial charge in [-0.3, -0.25) is 0 Å². The third-order valence-corrected chi connectivity index (χ3v) is 2.63. The predicted octanol–water partition coefficient (Wildman–Crippen LogP) is 1.53. The van der Waals surface area contributed by atoms with Crippen molar-refractivity contribution in [2.75, 3.05) is 5.73 Å². The summed E-state index contributed by atoms with van der Waals surface area (Å²) in [6.45, 7) is 2.02. The molecule has 4 N–H and O–H groups in total. The minimum atomic E-state index is -0.0293. The summed E-state index contributed by atoms with van der Waals surface area (Å²) < 4.78 is 0. The molecule has 12 heavy (non-hydrogen) atoms. The SMILES string of the molecule is Cc1cc(C2(N)CC2)ccc1N. The molecule has 2 nitrogen and oxygen atoms in total. The maximum atomic E-state index is 6.05. The molecular formula is C10H14N2. The molecule has 0 saturated heterocycles. The van der Waals surface area contributed by atoms with E-state index in [4.69, 9.17) is 11.5 Å². The number of rotatable bonds is 1. The summed E-state index contributed by atoms with van der Waals surface area (Å²) in [5.74, 6) is 0. The van der Waals surface area contributed by atoms with Crippen LogP contribution in [0.15, 0.2) is 18.2 Å². The number of hydrogen-bond donors (Lipinski definition) is 2. The Balaban J connectivity index is 2.41. The van der Waals surface area contributed by atoms with E-state index in [2.05, 4.69) is 6.07 Å². The van der Waals surface area contributed by atoms with Crippen molar-refractivity contribution in [2.24, 2.45) is 5.73 Å². The maximum absolute atomic E-state index is 6.05. The highest BCUT2D eigenvalue weighted by Gasteiger charge is 2.39. The third kappa shape index (κ3) is 1.08. The average Bonchev–Trinajstić information content (AvgIpc) is 2.75. The molecule has 0 aromatic heterocycles. The van der Waals surface area contributed by atoms with Gasteiger partial charge >= 0.3 is 0 Å². The number of aryl methyl sites for hydroxylation is 1. The number of anilines is 1. The summed E-state index contributed by atoms with van der Waals surface area (Å²) in [4.78, 5) is 0. The third-order valence-electron chi connectivity index (χ3n) is 2.63. The summed E-state index contributed by atoms with van der Waals surface area (Å²) >= 11 is 0. The van der Waals surface area contributed by atoms with Crippen LogP contribution in [-0.2, 0) is 5.54 Å². The van der Waals surface area contributed by atoms with Gasteiger partial charge in [-0.1, -0.05) is 12.1 Å². The molecule has 2 rings (SSSR count). The van der Waals surface area contributed by atoms with E-state index in [1.807, 2.05) is 19.1 Å². The Morgan fingerprint density at radius 3 is 2.50 bits per heavy atom. The molecule has 1 aliphatic rings. The molecule has 1 aromatic carbocycles. The van der Waals surface area contributed by atoms with Crippen LogP contribution in [0.1, 0.15) is 24.0 Å². The Morgan fingerprint density at radius 1 is 1.33 bits per heavy atom. The van der Waals surface area contributed by atoms with Crippen LogP contribution >= 0.6 is 0 Å². The van der Waals surface area contributed by atoms with E-state index in [1.54, 1.807) is 0 Å². The summed E-state index contributed by atoms with van der Waals surface area (Å²) in [6, 6.07) is 6.08. The van der Waals surface area contributed by atoms with Crippen molar-refractivity contribution in [1.82, 2.24) is 0 Å². The average molecular weight is 162 g/mol. The molecule has 0 heterocycles. The van der Waals surface area contributed by atoms with Gasteiger partial charge in [-0.2, -0.15) is 0 Å². The van der Waals surface area contributed by atoms with Crippen molar-refractivity contribution in [3.63, 3.8) is 0 Å². The molecule has 2 heteroatoms. The number of nitrogen functional groups attached to an aromatic ring is 1. The highest BCUT2D eigenvalue weighted by molar-refractivity contribution is 5.49. The fourth-order valence-electron chi connectivity index (χ4n) is 1.41. The van der Waals surface area contributed by atoms with Gasteiger partial charge in [-0.25, -0.2) is 0 Å². The minimum Gasteiger partial charge on any atom is -0.399 e. The van der Waals surface area contributed by atoms with Gasteiger partial charge < -0.3 is 11.5 Å². The van der Waals surface area contributed by atoms with E-state index in [1.165, 1.54) is 5.56 Å². The number of hydrogen-bond acceptors (Lipinski definition) is 2. The number of nitrogens with two attached hydrogens (primary N) is 2. The first kappa shape index (κ1) is 7.62. The zero-order chi connectivity index (χ0) is 8.77. The van der Waals surface area contributed by atoms with Crippen LogP contribution in [0.3, 0.4) is 0 Å². The van der Waals surface area contributed by atoms with E-state index in [0.29, 0.717) is 0 Å². The van der Waals surface area contributed by atoms with Crippen LogP contribution in [-0.4, -0.2) is 0 Å². The Labute approximate surface area is 72.6 Å². The van der Waals surface area contributed by atoms with Crippen molar-refractivity contribution in [3.8, 4) is 0 Å². The predicted molar refractivity (Wildman–Crippen MR) is 50.7 cm³/mol. The van der Waals surface area contributed by atoms with Crippen molar-refractivity contribution < 1.29 is 0 Å². The van der Waals surface area contributed by atoms with Gasteiger partial charge in [0.15, 0.2) is 0 Å². The van der Waals surface area contributed by atoms with Crippen LogP contribution in [0.2, 0.25) is 0 Å². The van der Waals surface area contributed by atoms with Crippen molar-refractivity contribution in [3.05, 3.63) is 29.3 Å². The molecule has 0 radical (unpaired) electrons. The molecule has 0 spiro atoms. The van der Waals surface area contributed by atoms with E-state index >= 15 is 0 Å². The molecule has 0 atom stereocenters. The summed E-state index contributed by atoms with van der Waals surface area (Å²) in [6.07, 6.45) is 2.21. The lowest BCUT2D eigenvalue weighted by Gasteiger charge is -2.10. The Bertz CT molecular complexity index is 314. The first-order valence-electron chi connectivity index (χ1n) is 4.27. The van der Waals surface area contributed by atoms with Crippen molar-refractivity contribution >= 4 is 5.69 Å². The molecule has 1 saturated carbocycles. The Hall–Kier alpha value is -1.02. The van der Waals surface area contributed by atoms with E-state index in [0.717, 1.165) is 24.1 Å². The first-order valence-corrected chi connectivity index (χ1v) is 4.27. The monoisotopic (exact) mass is 162 g/mol. The molecule has 1 aromatic rings. The zero-order valence-corrected chi connectivity index (χ0v) is 7.30. The van der Waals surface area contributed by atoms with Crippen LogP contribution in [0.4, 0.5) is 5.69 Å². The zero-order valence-electron chi connectivity index (χ0n) is 7.30. The Morgan fingerprint density at radius 2 is 2.00 bits per heavy atom. The van der Waals surface area contributed by atoms with Gasteiger partial charge in [0, 0.05) is 11.2 Å². The van der Waals surface area contributed by atoms with Crippen molar-refractivity contribution in [2.45, 2.75) is 25.3 Å². The Kier molecular flexibility index (Phi) is 1.42. The normalized spacial score (nSPS) is 19.2. The van der Waals surface area contributed by atoms with Gasteiger partial charge in [-0.05, 0) is 37.0 Å². The maximum Gasteiger partial charge on any atom is 0.0411 e. The molecule has 0 amide bonds. The van der Waals surface area contributed by atoms with Crippen LogP contribution in [0.25, 0.3) is 0 Å². The smallest absolute Gasteiger partial charge is 0.0411 e. The lowest BCUT2D eigenvalue weighted by Crippen LogP contribution is -2.18. The topological polar surface area (TPSA) is 52.0 Å². The molecule has 0 bridgehead atoms. The highest BCUT2D eigenvalue weighted by atomic mass is 14.8. The standard InChI is InChI=1S/C10H14N2/c1-7-6-8(2-3-9(7)11)10(12)4-5-10/h2-3,6H,4-5,11-12H2,1H3. The molecule has 1 fully saturated rings. The van der Waals surface area contributed by atoms with Crippen LogP contribution < -0.4 is 11.5 Å². The minimum absolute atomic E-state index is 0.0293. The largest absolute Gasteiger partial charge is 0.399 e. The molecule has 1 aliphatic carbocycles. The van der Waals surface area contributed by atoms with Gasteiger partial charge in [0.05, 0.1) is 0 Å². The second kappa shape index (κ2) is 2.23. The summed E-state index contributed by atoms with van der Waals surface area (Å²) in [5.41, 5.74) is 14.9. The number of benzene rings is 1. The second-order valence-corrected chi connectivity index (χ2v) is 3.73. The fourth-order valence-corrected chi connectivity index (χ4v) is 1.41. The van der Waals surface area contributed by atoms with E-state index in [-0.39, 0.29) is 5.54 Å². The first-order chi connectivity index (χ1) is 5.62. The fraction of sp³-hybridized carbons (Fsp3) is 0.400. The van der Waals surface area contributed by atoms with Crippen molar-refractivity contribution in [1.29, 1.82) is 0 Å². The molecule has 0 unspecified atom stereocenters.